The predicted octanol–water partition coefficient (Wildman–Crippen LogP) is 5.48. The van der Waals surface area contributed by atoms with Gasteiger partial charge in [0.25, 0.3) is 5.69 Å². The fourth-order valence-corrected chi connectivity index (χ4v) is 2.88. The van der Waals surface area contributed by atoms with E-state index in [0.717, 1.165) is 22.2 Å². The maximum atomic E-state index is 11.0. The van der Waals surface area contributed by atoms with Crippen molar-refractivity contribution >= 4 is 16.5 Å². The molecule has 4 heteroatoms. The van der Waals surface area contributed by atoms with Crippen molar-refractivity contribution in [1.82, 2.24) is 4.98 Å². The molecule has 0 unspecified atom stereocenters. The lowest BCUT2D eigenvalue weighted by Crippen LogP contribution is -1.91. The Morgan fingerprint density at radius 3 is 2.12 bits per heavy atom. The summed E-state index contributed by atoms with van der Waals surface area (Å²) in [6, 6.07) is 26.7. The van der Waals surface area contributed by atoms with Crippen LogP contribution in [0, 0.1) is 10.1 Å². The average molecular weight is 326 g/mol. The van der Waals surface area contributed by atoms with Gasteiger partial charge in [0.1, 0.15) is 0 Å². The number of non-ortho nitro benzene ring substituents is 1. The molecule has 4 nitrogen and oxygen atoms in total. The minimum atomic E-state index is -0.392. The lowest BCUT2D eigenvalue weighted by molar-refractivity contribution is -0.384. The Bertz CT molecular complexity index is 1090. The molecule has 0 aliphatic carbocycles. The summed E-state index contributed by atoms with van der Waals surface area (Å²) in [6.45, 7) is 0. The first-order valence-corrected chi connectivity index (χ1v) is 7.92. The first kappa shape index (κ1) is 15.0. The van der Waals surface area contributed by atoms with Gasteiger partial charge in [0.2, 0.25) is 0 Å². The normalized spacial score (nSPS) is 10.7. The third-order valence-corrected chi connectivity index (χ3v) is 4.15. The second-order valence-corrected chi connectivity index (χ2v) is 5.78. The Morgan fingerprint density at radius 1 is 0.680 bits per heavy atom. The molecule has 0 radical (unpaired) electrons. The zero-order chi connectivity index (χ0) is 17.2. The molecule has 0 fully saturated rings. The van der Waals surface area contributed by atoms with Crippen LogP contribution in [-0.2, 0) is 0 Å². The molecule has 0 saturated carbocycles. The molecular formula is C21H14N2O2. The summed E-state index contributed by atoms with van der Waals surface area (Å²) < 4.78 is 0. The van der Waals surface area contributed by atoms with Crippen molar-refractivity contribution in [2.45, 2.75) is 0 Å². The molecule has 1 aromatic heterocycles. The highest BCUT2D eigenvalue weighted by Gasteiger charge is 2.09. The maximum Gasteiger partial charge on any atom is 0.270 e. The summed E-state index contributed by atoms with van der Waals surface area (Å²) in [5.74, 6) is 0. The Kier molecular flexibility index (Phi) is 3.71. The van der Waals surface area contributed by atoms with Gasteiger partial charge in [0, 0.05) is 23.3 Å². The first-order valence-electron chi connectivity index (χ1n) is 7.92. The molecule has 0 aliphatic rings. The average Bonchev–Trinajstić information content (AvgIpc) is 2.68. The van der Waals surface area contributed by atoms with Crippen LogP contribution in [0.2, 0.25) is 0 Å². The first-order chi connectivity index (χ1) is 12.2. The van der Waals surface area contributed by atoms with Crippen LogP contribution in [0.1, 0.15) is 0 Å². The lowest BCUT2D eigenvalue weighted by Gasteiger charge is -2.06. The summed E-state index contributed by atoms with van der Waals surface area (Å²) >= 11 is 0. The van der Waals surface area contributed by atoms with Gasteiger partial charge in [-0.2, -0.15) is 0 Å². The summed E-state index contributed by atoms with van der Waals surface area (Å²) in [5.41, 5.74) is 3.38. The van der Waals surface area contributed by atoms with Gasteiger partial charge in [-0.15, -0.1) is 0 Å². The number of hydrogen-bond acceptors (Lipinski definition) is 3. The molecule has 0 saturated heterocycles. The summed E-state index contributed by atoms with van der Waals surface area (Å²) in [4.78, 5) is 15.3. The number of fused-ring (bicyclic) bond motifs is 1. The van der Waals surface area contributed by atoms with Crippen LogP contribution in [0.15, 0.2) is 84.9 Å². The van der Waals surface area contributed by atoms with E-state index in [1.165, 1.54) is 11.5 Å². The van der Waals surface area contributed by atoms with Crippen LogP contribution in [-0.4, -0.2) is 9.91 Å². The molecule has 0 amide bonds. The Balaban J connectivity index is 1.78. The molecule has 3 aromatic carbocycles. The molecule has 0 atom stereocenters. The third kappa shape index (κ3) is 2.97. The zero-order valence-electron chi connectivity index (χ0n) is 13.3. The van der Waals surface area contributed by atoms with Crippen LogP contribution < -0.4 is 0 Å². The van der Waals surface area contributed by atoms with Gasteiger partial charge in [0.15, 0.2) is 0 Å². The van der Waals surface area contributed by atoms with Gasteiger partial charge < -0.3 is 0 Å². The van der Waals surface area contributed by atoms with Gasteiger partial charge in [-0.1, -0.05) is 54.6 Å². The van der Waals surface area contributed by atoms with Crippen LogP contribution >= 0.6 is 0 Å². The number of pyridine rings is 1. The Hall–Kier alpha value is -3.53. The number of nitrogens with zero attached hydrogens (tertiary/aromatic N) is 2. The van der Waals surface area contributed by atoms with Gasteiger partial charge in [-0.3, -0.25) is 10.1 Å². The van der Waals surface area contributed by atoms with E-state index in [-0.39, 0.29) is 5.69 Å². The molecule has 4 rings (SSSR count). The van der Waals surface area contributed by atoms with Gasteiger partial charge in [-0.25, -0.2) is 4.98 Å². The van der Waals surface area contributed by atoms with E-state index in [9.17, 15) is 10.1 Å². The Labute approximate surface area is 144 Å². The smallest absolute Gasteiger partial charge is 0.258 e. The summed E-state index contributed by atoms with van der Waals surface area (Å²) in [7, 11) is 0. The standard InChI is InChI=1S/C21H14N2O2/c24-23(25)19-8-3-7-17(14-19)20-9-4-10-21(22-20)18-12-11-15-5-1-2-6-16(15)13-18/h1-14H. The molecule has 0 spiro atoms. The predicted molar refractivity (Wildman–Crippen MR) is 99.3 cm³/mol. The van der Waals surface area contributed by atoms with Gasteiger partial charge in [-0.05, 0) is 29.0 Å². The molecule has 120 valence electrons. The van der Waals surface area contributed by atoms with Crippen LogP contribution in [0.5, 0.6) is 0 Å². The molecule has 1 heterocycles. The molecular weight excluding hydrogens is 312 g/mol. The van der Waals surface area contributed by atoms with Crippen molar-refractivity contribution in [1.29, 1.82) is 0 Å². The van der Waals surface area contributed by atoms with Crippen molar-refractivity contribution < 1.29 is 4.92 Å². The summed E-state index contributed by atoms with van der Waals surface area (Å²) in [6.07, 6.45) is 0. The van der Waals surface area contributed by atoms with E-state index in [2.05, 4.69) is 24.3 Å². The third-order valence-electron chi connectivity index (χ3n) is 4.15. The molecule has 25 heavy (non-hydrogen) atoms. The van der Waals surface area contributed by atoms with E-state index < -0.39 is 4.92 Å². The second kappa shape index (κ2) is 6.17. The Morgan fingerprint density at radius 2 is 1.36 bits per heavy atom. The number of aromatic nitrogens is 1. The lowest BCUT2D eigenvalue weighted by atomic mass is 10.0. The fraction of sp³-hybridized carbons (Fsp3) is 0. The van der Waals surface area contributed by atoms with E-state index in [1.807, 2.05) is 42.5 Å². The SMILES string of the molecule is O=[N+]([O-])c1cccc(-c2cccc(-c3ccc4ccccc4c3)n2)c1. The summed E-state index contributed by atoms with van der Waals surface area (Å²) in [5, 5.41) is 13.3. The van der Waals surface area contributed by atoms with Crippen LogP contribution in [0.25, 0.3) is 33.3 Å². The highest BCUT2D eigenvalue weighted by molar-refractivity contribution is 5.87. The highest BCUT2D eigenvalue weighted by Crippen LogP contribution is 2.27. The topological polar surface area (TPSA) is 56.0 Å². The minimum Gasteiger partial charge on any atom is -0.258 e. The van der Waals surface area contributed by atoms with Crippen molar-refractivity contribution in [3.8, 4) is 22.5 Å². The number of rotatable bonds is 3. The van der Waals surface area contributed by atoms with E-state index in [1.54, 1.807) is 12.1 Å². The monoisotopic (exact) mass is 326 g/mol. The van der Waals surface area contributed by atoms with E-state index in [0.29, 0.717) is 5.69 Å². The second-order valence-electron chi connectivity index (χ2n) is 5.78. The van der Waals surface area contributed by atoms with Crippen molar-refractivity contribution in [3.63, 3.8) is 0 Å². The minimum absolute atomic E-state index is 0.0652. The number of nitro groups is 1. The fourth-order valence-electron chi connectivity index (χ4n) is 2.88. The number of hydrogen-bond donors (Lipinski definition) is 0. The number of nitro benzene ring substituents is 1. The van der Waals surface area contributed by atoms with E-state index in [4.69, 9.17) is 4.98 Å². The maximum absolute atomic E-state index is 11.0. The van der Waals surface area contributed by atoms with E-state index >= 15 is 0 Å². The van der Waals surface area contributed by atoms with Crippen molar-refractivity contribution in [2.75, 3.05) is 0 Å². The van der Waals surface area contributed by atoms with Crippen LogP contribution in [0.4, 0.5) is 5.69 Å². The largest absolute Gasteiger partial charge is 0.270 e. The van der Waals surface area contributed by atoms with Gasteiger partial charge in [0.05, 0.1) is 16.3 Å². The highest BCUT2D eigenvalue weighted by atomic mass is 16.6. The molecule has 0 aliphatic heterocycles. The molecule has 0 N–H and O–H groups in total. The zero-order valence-corrected chi connectivity index (χ0v) is 13.3. The van der Waals surface area contributed by atoms with Gasteiger partial charge >= 0.3 is 0 Å². The van der Waals surface area contributed by atoms with Crippen molar-refractivity contribution in [3.05, 3.63) is 95.0 Å². The molecule has 0 bridgehead atoms. The quantitative estimate of drug-likeness (QED) is 0.370. The molecule has 4 aromatic rings. The number of benzene rings is 3. The van der Waals surface area contributed by atoms with Crippen LogP contribution in [0.3, 0.4) is 0 Å². The van der Waals surface area contributed by atoms with Crippen molar-refractivity contribution in [2.24, 2.45) is 0 Å².